The predicted molar refractivity (Wildman–Crippen MR) is 193 cm³/mol. The summed E-state index contributed by atoms with van der Waals surface area (Å²) in [5.41, 5.74) is 5.04. The minimum Gasteiger partial charge on any atom is -0.369 e. The molecule has 5 amide bonds. The summed E-state index contributed by atoms with van der Waals surface area (Å²) < 4.78 is 20.8. The lowest BCUT2D eigenvalue weighted by atomic mass is 10.0. The van der Waals surface area contributed by atoms with E-state index in [0.717, 1.165) is 54.3 Å². The second-order valence-corrected chi connectivity index (χ2v) is 14.0. The number of methoxy groups -OCH3 is 1. The number of hydrogen-bond acceptors (Lipinski definition) is 9. The van der Waals surface area contributed by atoms with Gasteiger partial charge in [-0.25, -0.2) is 4.39 Å². The van der Waals surface area contributed by atoms with E-state index in [1.807, 2.05) is 48.5 Å². The maximum Gasteiger partial charge on any atom is 0.258 e. The number of carbonyl (C=O) groups excluding carboxylic acids is 5. The maximum atomic E-state index is 15.2. The molecule has 0 aliphatic carbocycles. The van der Waals surface area contributed by atoms with Crippen LogP contribution in [-0.2, 0) is 45.3 Å². The first-order valence-corrected chi connectivity index (χ1v) is 17.9. The van der Waals surface area contributed by atoms with Crippen LogP contribution in [0.25, 0.3) is 0 Å². The molecule has 15 heteroatoms. The Hall–Kier alpha value is -5.93. The molecule has 0 radical (unpaired) electrons. The van der Waals surface area contributed by atoms with Crippen LogP contribution in [0.15, 0.2) is 66.7 Å². The number of hydrogen-bond donors (Lipinski definition) is 3. The van der Waals surface area contributed by atoms with Gasteiger partial charge in [0, 0.05) is 69.6 Å². The summed E-state index contributed by atoms with van der Waals surface area (Å²) in [6.45, 7) is 4.16. The highest BCUT2D eigenvalue weighted by molar-refractivity contribution is 6.06. The van der Waals surface area contributed by atoms with Crippen LogP contribution in [0.2, 0.25) is 0 Å². The van der Waals surface area contributed by atoms with Crippen molar-refractivity contribution < 1.29 is 33.1 Å². The van der Waals surface area contributed by atoms with Gasteiger partial charge in [-0.2, -0.15) is 5.10 Å². The lowest BCUT2D eigenvalue weighted by Gasteiger charge is -2.36. The average Bonchev–Trinajstić information content (AvgIpc) is 3.86. The first-order valence-electron chi connectivity index (χ1n) is 17.9. The van der Waals surface area contributed by atoms with Crippen molar-refractivity contribution in [3.05, 3.63) is 112 Å². The first-order chi connectivity index (χ1) is 26.2. The van der Waals surface area contributed by atoms with Crippen LogP contribution in [0.3, 0.4) is 0 Å². The second kappa shape index (κ2) is 14.5. The summed E-state index contributed by atoms with van der Waals surface area (Å²) in [6, 6.07) is 19.1. The number of anilines is 2. The van der Waals surface area contributed by atoms with Crippen LogP contribution in [0.1, 0.15) is 67.6 Å². The summed E-state index contributed by atoms with van der Waals surface area (Å²) in [6.07, 6.45) is -0.368. The third-order valence-electron chi connectivity index (χ3n) is 10.7. The van der Waals surface area contributed by atoms with Crippen LogP contribution in [0, 0.1) is 5.82 Å². The molecule has 4 aliphatic rings. The lowest BCUT2D eigenvalue weighted by molar-refractivity contribution is -0.143. The largest absolute Gasteiger partial charge is 0.369 e. The topological polar surface area (TPSA) is 160 Å². The third kappa shape index (κ3) is 6.71. The monoisotopic (exact) mass is 734 g/mol. The van der Waals surface area contributed by atoms with Gasteiger partial charge in [-0.3, -0.25) is 39.3 Å². The van der Waals surface area contributed by atoms with Crippen molar-refractivity contribution in [2.45, 2.75) is 51.2 Å². The van der Waals surface area contributed by atoms with Crippen molar-refractivity contribution in [1.29, 1.82) is 0 Å². The number of piperidine rings is 1. The second-order valence-electron chi connectivity index (χ2n) is 14.0. The van der Waals surface area contributed by atoms with E-state index in [1.165, 1.54) is 18.1 Å². The first kappa shape index (κ1) is 35.1. The molecule has 278 valence electrons. The fourth-order valence-electron chi connectivity index (χ4n) is 7.81. The minimum atomic E-state index is -0.793. The number of amides is 5. The number of halogens is 1. The fourth-order valence-corrected chi connectivity index (χ4v) is 7.81. The molecular weight excluding hydrogens is 695 g/mol. The molecule has 2 saturated heterocycles. The molecule has 0 saturated carbocycles. The molecule has 0 spiro atoms. The van der Waals surface area contributed by atoms with Crippen molar-refractivity contribution in [3.8, 4) is 0 Å². The number of carbonyl (C=O) groups is 5. The molecule has 5 heterocycles. The normalized spacial score (nSPS) is 19.1. The van der Waals surface area contributed by atoms with E-state index >= 15 is 4.39 Å². The molecule has 14 nitrogen and oxygen atoms in total. The van der Waals surface area contributed by atoms with Crippen LogP contribution >= 0.6 is 0 Å². The number of H-pyrrole nitrogens is 1. The number of nitrogens with one attached hydrogen (secondary N) is 3. The number of piperazine rings is 1. The van der Waals surface area contributed by atoms with Gasteiger partial charge in [-0.05, 0) is 53.4 Å². The summed E-state index contributed by atoms with van der Waals surface area (Å²) in [5.74, 6) is -2.11. The molecule has 2 atom stereocenters. The van der Waals surface area contributed by atoms with Gasteiger partial charge in [0.2, 0.25) is 11.8 Å². The molecule has 8 rings (SSSR count). The summed E-state index contributed by atoms with van der Waals surface area (Å²) >= 11 is 0. The Morgan fingerprint density at radius 2 is 1.74 bits per heavy atom. The quantitative estimate of drug-likeness (QED) is 0.220. The molecule has 4 aromatic rings. The molecule has 1 unspecified atom stereocenters. The van der Waals surface area contributed by atoms with Crippen LogP contribution < -0.4 is 15.5 Å². The Bertz CT molecular complexity index is 2130. The van der Waals surface area contributed by atoms with Gasteiger partial charge >= 0.3 is 0 Å². The van der Waals surface area contributed by atoms with E-state index in [4.69, 9.17) is 4.74 Å². The van der Waals surface area contributed by atoms with E-state index in [1.54, 1.807) is 17.0 Å². The number of imide groups is 1. The number of nitrogens with zero attached hydrogens (tertiary/aromatic N) is 5. The van der Waals surface area contributed by atoms with Crippen molar-refractivity contribution in [2.24, 2.45) is 0 Å². The zero-order valence-electron chi connectivity index (χ0n) is 29.6. The van der Waals surface area contributed by atoms with Gasteiger partial charge in [0.1, 0.15) is 11.9 Å². The van der Waals surface area contributed by atoms with Gasteiger partial charge in [-0.1, -0.05) is 36.4 Å². The van der Waals surface area contributed by atoms with Crippen LogP contribution in [0.5, 0.6) is 0 Å². The minimum absolute atomic E-state index is 0.00281. The highest BCUT2D eigenvalue weighted by Crippen LogP contribution is 2.32. The Morgan fingerprint density at radius 1 is 0.981 bits per heavy atom. The van der Waals surface area contributed by atoms with Gasteiger partial charge in [-0.15, -0.1) is 0 Å². The van der Waals surface area contributed by atoms with Gasteiger partial charge in [0.15, 0.2) is 11.9 Å². The highest BCUT2D eigenvalue weighted by atomic mass is 19.1. The molecule has 1 aromatic heterocycles. The molecule has 4 aliphatic heterocycles. The SMILES string of the molecule is CO[C@@H](C(=O)N1Cc2[nH]nc(NC(=O)c3ccc(N4CCN(Cc5cc(F)c6c(c5)CN(C5CCC(=O)NC5=O)C6=O)CC4)cc3)c2C1)c1ccccc1. The molecule has 2 fully saturated rings. The lowest BCUT2D eigenvalue weighted by Crippen LogP contribution is -2.52. The summed E-state index contributed by atoms with van der Waals surface area (Å²) in [5, 5.41) is 12.4. The predicted octanol–water partition coefficient (Wildman–Crippen LogP) is 3.11. The zero-order chi connectivity index (χ0) is 37.5. The van der Waals surface area contributed by atoms with Crippen molar-refractivity contribution >= 4 is 41.0 Å². The van der Waals surface area contributed by atoms with Crippen molar-refractivity contribution in [2.75, 3.05) is 43.5 Å². The van der Waals surface area contributed by atoms with Gasteiger partial charge < -0.3 is 24.8 Å². The molecule has 54 heavy (non-hydrogen) atoms. The number of fused-ring (bicyclic) bond motifs is 2. The van der Waals surface area contributed by atoms with E-state index in [0.29, 0.717) is 36.6 Å². The highest BCUT2D eigenvalue weighted by Gasteiger charge is 2.41. The maximum absolute atomic E-state index is 15.2. The van der Waals surface area contributed by atoms with E-state index < -0.39 is 29.8 Å². The smallest absolute Gasteiger partial charge is 0.258 e. The average molecular weight is 735 g/mol. The zero-order valence-corrected chi connectivity index (χ0v) is 29.6. The van der Waals surface area contributed by atoms with Crippen molar-refractivity contribution in [3.63, 3.8) is 0 Å². The van der Waals surface area contributed by atoms with E-state index in [9.17, 15) is 24.0 Å². The van der Waals surface area contributed by atoms with Crippen LogP contribution in [0.4, 0.5) is 15.9 Å². The Morgan fingerprint density at radius 3 is 2.46 bits per heavy atom. The Balaban J connectivity index is 0.838. The standard InChI is InChI=1S/C39H39FN8O6/c1-54-34(24-5-3-2-4-6-24)39(53)47-21-28-30(22-47)43-44-35(28)42-36(50)25-7-9-27(10-8-25)46-15-13-45(14-16-46)19-23-17-26-20-48(38(52)33(26)29(40)18-23)31-11-12-32(49)41-37(31)51/h2-10,17-18,31,34H,11-16,19-22H2,1H3,(H,41,49,51)(H2,42,43,44,50)/t31?,34-/m1/s1. The van der Waals surface area contributed by atoms with Gasteiger partial charge in [0.05, 0.1) is 24.3 Å². The Kier molecular flexibility index (Phi) is 9.42. The molecule has 3 aromatic carbocycles. The molecule has 0 bridgehead atoms. The number of aromatic amines is 1. The Labute approximate surface area is 310 Å². The van der Waals surface area contributed by atoms with E-state index in [-0.39, 0.29) is 42.7 Å². The van der Waals surface area contributed by atoms with Crippen LogP contribution in [-0.4, -0.2) is 93.8 Å². The number of benzene rings is 3. The van der Waals surface area contributed by atoms with Gasteiger partial charge in [0.25, 0.3) is 17.7 Å². The van der Waals surface area contributed by atoms with E-state index in [2.05, 4.69) is 30.6 Å². The summed E-state index contributed by atoms with van der Waals surface area (Å²) in [4.78, 5) is 71.1. The fraction of sp³-hybridized carbons (Fsp3) is 0.333. The molecule has 3 N–H and O–H groups in total. The summed E-state index contributed by atoms with van der Waals surface area (Å²) in [7, 11) is 1.51. The number of ether oxygens (including phenoxy) is 1. The number of aromatic nitrogens is 2. The van der Waals surface area contributed by atoms with Crippen molar-refractivity contribution in [1.82, 2.24) is 30.2 Å². The molecular formula is C39H39FN8O6. The number of rotatable bonds is 9. The third-order valence-corrected chi connectivity index (χ3v) is 10.7.